The molecular weight excluding hydrogens is 248 g/mol. The fourth-order valence-corrected chi connectivity index (χ4v) is 2.23. The quantitative estimate of drug-likeness (QED) is 0.385. The zero-order chi connectivity index (χ0) is 14.5. The first-order valence-corrected chi connectivity index (χ1v) is 6.48. The summed E-state index contributed by atoms with van der Waals surface area (Å²) in [6.07, 6.45) is 5.56. The summed E-state index contributed by atoms with van der Waals surface area (Å²) >= 11 is 0. The normalized spacial score (nSPS) is 22.7. The van der Waals surface area contributed by atoms with Gasteiger partial charge in [-0.05, 0) is 18.6 Å². The molecule has 1 aromatic rings. The number of anilines is 1. The summed E-state index contributed by atoms with van der Waals surface area (Å²) in [5.74, 6) is 5.69. The molecule has 0 aliphatic carbocycles. The van der Waals surface area contributed by atoms with Crippen molar-refractivity contribution in [2.75, 3.05) is 11.9 Å². The smallest absolute Gasteiger partial charge is 0.0796 e. The van der Waals surface area contributed by atoms with Crippen LogP contribution in [-0.2, 0) is 0 Å². The molecule has 4 nitrogen and oxygen atoms in total. The van der Waals surface area contributed by atoms with Crippen LogP contribution in [-0.4, -0.2) is 6.54 Å². The van der Waals surface area contributed by atoms with Crippen molar-refractivity contribution in [3.05, 3.63) is 71.5 Å². The zero-order valence-corrected chi connectivity index (χ0v) is 11.6. The summed E-state index contributed by atoms with van der Waals surface area (Å²) in [4.78, 5) is 0. The van der Waals surface area contributed by atoms with Crippen molar-refractivity contribution >= 4 is 11.4 Å². The van der Waals surface area contributed by atoms with Gasteiger partial charge in [-0.1, -0.05) is 43.0 Å². The Labute approximate surface area is 119 Å². The molecule has 0 saturated carbocycles. The molecule has 4 heteroatoms. The summed E-state index contributed by atoms with van der Waals surface area (Å²) < 4.78 is 0. The van der Waals surface area contributed by atoms with Crippen LogP contribution in [0.1, 0.15) is 12.5 Å². The second-order valence-corrected chi connectivity index (χ2v) is 4.62. The predicted molar refractivity (Wildman–Crippen MR) is 85.4 cm³/mol. The Kier molecular flexibility index (Phi) is 4.27. The van der Waals surface area contributed by atoms with E-state index < -0.39 is 0 Å². The van der Waals surface area contributed by atoms with Crippen LogP contribution in [0.3, 0.4) is 0 Å². The van der Waals surface area contributed by atoms with Gasteiger partial charge in [0.15, 0.2) is 0 Å². The van der Waals surface area contributed by atoms with E-state index in [4.69, 9.17) is 11.6 Å². The van der Waals surface area contributed by atoms with Crippen LogP contribution in [0.2, 0.25) is 0 Å². The van der Waals surface area contributed by atoms with Crippen LogP contribution in [0.5, 0.6) is 0 Å². The van der Waals surface area contributed by atoms with E-state index in [1.165, 1.54) is 0 Å². The Bertz CT molecular complexity index is 609. The Hall–Kier alpha value is -2.46. The Morgan fingerprint density at radius 1 is 1.35 bits per heavy atom. The first-order valence-electron chi connectivity index (χ1n) is 6.48. The molecule has 0 atom stereocenters. The number of fused-ring (bicyclic) bond motifs is 1. The molecule has 0 saturated heterocycles. The largest absolute Gasteiger partial charge is 0.396 e. The third kappa shape index (κ3) is 2.60. The van der Waals surface area contributed by atoms with Gasteiger partial charge < -0.3 is 16.5 Å². The van der Waals surface area contributed by atoms with Gasteiger partial charge in [-0.2, -0.15) is 0 Å². The van der Waals surface area contributed by atoms with Crippen LogP contribution in [0.4, 0.5) is 5.69 Å². The maximum absolute atomic E-state index is 6.30. The van der Waals surface area contributed by atoms with Crippen molar-refractivity contribution in [1.82, 2.24) is 5.43 Å². The highest BCUT2D eigenvalue weighted by atomic mass is 15.2. The van der Waals surface area contributed by atoms with Gasteiger partial charge in [0.2, 0.25) is 0 Å². The van der Waals surface area contributed by atoms with Gasteiger partial charge in [-0.3, -0.25) is 5.84 Å². The van der Waals surface area contributed by atoms with E-state index in [2.05, 4.69) is 17.3 Å². The highest BCUT2D eigenvalue weighted by molar-refractivity contribution is 5.80. The Morgan fingerprint density at radius 2 is 2.10 bits per heavy atom. The summed E-state index contributed by atoms with van der Waals surface area (Å²) in [7, 11) is 0. The van der Waals surface area contributed by atoms with E-state index in [-0.39, 0.29) is 0 Å². The summed E-state index contributed by atoms with van der Waals surface area (Å²) in [5.41, 5.74) is 14.5. The van der Waals surface area contributed by atoms with E-state index in [1.807, 2.05) is 43.3 Å². The SMILES string of the molecule is C=C\C=C/C1=C(\C)CNc2ccccc2/C(N)=C\1NN. The lowest BCUT2D eigenvalue weighted by Gasteiger charge is -2.22. The molecular formula is C16H20N4. The number of hydrogen-bond donors (Lipinski definition) is 4. The van der Waals surface area contributed by atoms with Crippen molar-refractivity contribution in [3.63, 3.8) is 0 Å². The molecule has 0 fully saturated rings. The highest BCUT2D eigenvalue weighted by Crippen LogP contribution is 2.28. The van der Waals surface area contributed by atoms with Crippen molar-refractivity contribution in [1.29, 1.82) is 0 Å². The second-order valence-electron chi connectivity index (χ2n) is 4.62. The monoisotopic (exact) mass is 268 g/mol. The van der Waals surface area contributed by atoms with Crippen molar-refractivity contribution in [2.45, 2.75) is 6.92 Å². The molecule has 0 bridgehead atoms. The number of hydrogen-bond acceptors (Lipinski definition) is 4. The minimum absolute atomic E-state index is 0.623. The maximum Gasteiger partial charge on any atom is 0.0796 e. The van der Waals surface area contributed by atoms with E-state index in [0.29, 0.717) is 5.70 Å². The minimum atomic E-state index is 0.623. The number of nitrogens with two attached hydrogens (primary N) is 2. The lowest BCUT2D eigenvalue weighted by atomic mass is 9.98. The van der Waals surface area contributed by atoms with Gasteiger partial charge in [0, 0.05) is 23.4 Å². The van der Waals surface area contributed by atoms with Gasteiger partial charge >= 0.3 is 0 Å². The van der Waals surface area contributed by atoms with E-state index in [9.17, 15) is 0 Å². The predicted octanol–water partition coefficient (Wildman–Crippen LogP) is 2.26. The molecule has 104 valence electrons. The van der Waals surface area contributed by atoms with E-state index in [1.54, 1.807) is 6.08 Å². The zero-order valence-electron chi connectivity index (χ0n) is 11.6. The average Bonchev–Trinajstić information content (AvgIpc) is 2.47. The summed E-state index contributed by atoms with van der Waals surface area (Å²) in [6, 6.07) is 7.92. The molecule has 1 aliphatic heterocycles. The Morgan fingerprint density at radius 3 is 2.80 bits per heavy atom. The molecule has 0 spiro atoms. The van der Waals surface area contributed by atoms with Gasteiger partial charge in [-0.25, -0.2) is 0 Å². The van der Waals surface area contributed by atoms with Crippen LogP contribution < -0.4 is 22.3 Å². The molecule has 20 heavy (non-hydrogen) atoms. The van der Waals surface area contributed by atoms with Gasteiger partial charge in [-0.15, -0.1) is 0 Å². The van der Waals surface area contributed by atoms with Gasteiger partial charge in [0.1, 0.15) is 0 Å². The highest BCUT2D eigenvalue weighted by Gasteiger charge is 2.16. The molecule has 1 aromatic carbocycles. The molecule has 0 unspecified atom stereocenters. The standard InChI is InChI=1S/C16H20N4/c1-3-4-7-12-11(2)10-19-14-9-6-5-8-13(14)15(17)16(12)20-18/h3-9,19-20H,1,10,17-18H2,2H3/b7-4-,12-11-,16-15-. The number of nitrogens with one attached hydrogen (secondary N) is 2. The lowest BCUT2D eigenvalue weighted by Crippen LogP contribution is -2.27. The van der Waals surface area contributed by atoms with E-state index >= 15 is 0 Å². The second kappa shape index (κ2) is 6.12. The van der Waals surface area contributed by atoms with Crippen molar-refractivity contribution < 1.29 is 0 Å². The summed E-state index contributed by atoms with van der Waals surface area (Å²) in [5, 5.41) is 3.40. The number of hydrazine groups is 1. The number of para-hydroxylation sites is 1. The molecule has 6 N–H and O–H groups in total. The molecule has 1 aliphatic rings. The first-order chi connectivity index (χ1) is 9.69. The molecule has 0 amide bonds. The number of allylic oxidation sites excluding steroid dienone is 3. The first kappa shape index (κ1) is 14.0. The van der Waals surface area contributed by atoms with E-state index in [0.717, 1.165) is 34.6 Å². The van der Waals surface area contributed by atoms with Crippen LogP contribution in [0, 0.1) is 0 Å². The van der Waals surface area contributed by atoms with Crippen LogP contribution in [0.25, 0.3) is 5.70 Å². The fraction of sp³-hybridized carbons (Fsp3) is 0.125. The van der Waals surface area contributed by atoms with Crippen molar-refractivity contribution in [3.8, 4) is 0 Å². The lowest BCUT2D eigenvalue weighted by molar-refractivity contribution is 0.893. The van der Waals surface area contributed by atoms with Gasteiger partial charge in [0.25, 0.3) is 0 Å². The van der Waals surface area contributed by atoms with Crippen LogP contribution in [0.15, 0.2) is 65.9 Å². The molecule has 1 heterocycles. The molecule has 2 rings (SSSR count). The Balaban J connectivity index is 2.65. The third-order valence-corrected chi connectivity index (χ3v) is 3.30. The third-order valence-electron chi connectivity index (χ3n) is 3.30. The van der Waals surface area contributed by atoms with Gasteiger partial charge in [0.05, 0.1) is 11.4 Å². The topological polar surface area (TPSA) is 76.1 Å². The average molecular weight is 268 g/mol. The maximum atomic E-state index is 6.30. The number of rotatable bonds is 3. The fourth-order valence-electron chi connectivity index (χ4n) is 2.23. The molecule has 0 aromatic heterocycles. The minimum Gasteiger partial charge on any atom is -0.396 e. The van der Waals surface area contributed by atoms with Crippen LogP contribution >= 0.6 is 0 Å². The number of benzene rings is 1. The van der Waals surface area contributed by atoms with Crippen molar-refractivity contribution in [2.24, 2.45) is 11.6 Å². The molecule has 0 radical (unpaired) electrons. The summed E-state index contributed by atoms with van der Waals surface area (Å²) in [6.45, 7) is 6.47.